The molecule has 98 valence electrons. The number of benzene rings is 1. The van der Waals surface area contributed by atoms with Gasteiger partial charge in [0.2, 0.25) is 0 Å². The first kappa shape index (κ1) is 16.5. The average molecular weight is 282 g/mol. The Labute approximate surface area is 113 Å². The summed E-state index contributed by atoms with van der Waals surface area (Å²) in [5.41, 5.74) is 6.61. The van der Waals surface area contributed by atoms with Crippen molar-refractivity contribution < 1.29 is 9.13 Å². The summed E-state index contributed by atoms with van der Waals surface area (Å²) in [6.45, 7) is 4.18. The van der Waals surface area contributed by atoms with Crippen LogP contribution in [0.3, 0.4) is 0 Å². The summed E-state index contributed by atoms with van der Waals surface area (Å²) in [5.74, 6) is -0.300. The Kier molecular flexibility index (Phi) is 7.51. The van der Waals surface area contributed by atoms with Gasteiger partial charge in [0, 0.05) is 6.04 Å². The highest BCUT2D eigenvalue weighted by molar-refractivity contribution is 6.32. The van der Waals surface area contributed by atoms with Gasteiger partial charge in [0.15, 0.2) is 11.6 Å². The van der Waals surface area contributed by atoms with E-state index in [1.807, 2.05) is 6.92 Å². The Bertz CT molecular complexity index is 337. The van der Waals surface area contributed by atoms with Gasteiger partial charge in [-0.15, -0.1) is 12.4 Å². The first-order valence-electron chi connectivity index (χ1n) is 5.44. The second-order valence-electron chi connectivity index (χ2n) is 3.69. The third-order valence-electron chi connectivity index (χ3n) is 2.37. The second-order valence-corrected chi connectivity index (χ2v) is 4.10. The molecule has 0 spiro atoms. The predicted molar refractivity (Wildman–Crippen MR) is 71.8 cm³/mol. The van der Waals surface area contributed by atoms with Gasteiger partial charge in [-0.1, -0.05) is 18.5 Å². The molecule has 0 aliphatic rings. The van der Waals surface area contributed by atoms with E-state index in [9.17, 15) is 4.39 Å². The minimum atomic E-state index is -0.423. The van der Waals surface area contributed by atoms with Crippen LogP contribution in [0.25, 0.3) is 0 Å². The maximum Gasteiger partial charge on any atom is 0.173 e. The van der Waals surface area contributed by atoms with Crippen LogP contribution in [0.5, 0.6) is 5.75 Å². The summed E-state index contributed by atoms with van der Waals surface area (Å²) in [4.78, 5) is 0. The highest BCUT2D eigenvalue weighted by Crippen LogP contribution is 2.29. The smallest absolute Gasteiger partial charge is 0.173 e. The predicted octanol–water partition coefficient (Wildman–Crippen LogP) is 3.58. The van der Waals surface area contributed by atoms with Gasteiger partial charge in [0.1, 0.15) is 0 Å². The van der Waals surface area contributed by atoms with Gasteiger partial charge in [-0.3, -0.25) is 0 Å². The highest BCUT2D eigenvalue weighted by atomic mass is 35.5. The summed E-state index contributed by atoms with van der Waals surface area (Å²) >= 11 is 5.93. The number of nitrogens with two attached hydrogens (primary N) is 1. The minimum absolute atomic E-state index is 0. The SMILES string of the molecule is CCOc1c(F)cc(CC(N)CC)cc1Cl.Cl. The van der Waals surface area contributed by atoms with Crippen LogP contribution in [0.4, 0.5) is 4.39 Å². The molecule has 0 heterocycles. The van der Waals surface area contributed by atoms with Crippen LogP contribution in [0.15, 0.2) is 12.1 Å². The third kappa shape index (κ3) is 4.70. The fraction of sp³-hybridized carbons (Fsp3) is 0.500. The molecule has 1 rings (SSSR count). The van der Waals surface area contributed by atoms with Crippen LogP contribution in [-0.2, 0) is 6.42 Å². The topological polar surface area (TPSA) is 35.2 Å². The van der Waals surface area contributed by atoms with Crippen molar-refractivity contribution in [1.29, 1.82) is 0 Å². The molecule has 0 amide bonds. The van der Waals surface area contributed by atoms with Crippen molar-refractivity contribution >= 4 is 24.0 Å². The zero-order valence-corrected chi connectivity index (χ0v) is 11.6. The molecule has 1 aromatic carbocycles. The number of hydrogen-bond acceptors (Lipinski definition) is 2. The highest BCUT2D eigenvalue weighted by Gasteiger charge is 2.12. The molecule has 1 aromatic rings. The summed E-state index contributed by atoms with van der Waals surface area (Å²) in [6.07, 6.45) is 1.48. The standard InChI is InChI=1S/C12H17ClFNO.ClH/c1-3-9(15)5-8-6-10(13)12(16-4-2)11(14)7-8;/h6-7,9H,3-5,15H2,1-2H3;1H. The van der Waals surface area contributed by atoms with E-state index in [0.717, 1.165) is 12.0 Å². The monoisotopic (exact) mass is 281 g/mol. The molecule has 2 nitrogen and oxygen atoms in total. The molecular formula is C12H18Cl2FNO. The Morgan fingerprint density at radius 3 is 2.53 bits per heavy atom. The molecule has 0 saturated heterocycles. The fourth-order valence-electron chi connectivity index (χ4n) is 1.46. The van der Waals surface area contributed by atoms with Gasteiger partial charge in [-0.25, -0.2) is 4.39 Å². The molecule has 2 N–H and O–H groups in total. The average Bonchev–Trinajstić information content (AvgIpc) is 2.23. The molecule has 17 heavy (non-hydrogen) atoms. The summed E-state index contributed by atoms with van der Waals surface area (Å²) < 4.78 is 18.7. The van der Waals surface area contributed by atoms with Crippen LogP contribution >= 0.6 is 24.0 Å². The second kappa shape index (κ2) is 7.75. The Morgan fingerprint density at radius 1 is 1.41 bits per heavy atom. The molecule has 1 unspecified atom stereocenters. The Morgan fingerprint density at radius 2 is 2.06 bits per heavy atom. The van der Waals surface area contributed by atoms with Gasteiger partial charge in [0.05, 0.1) is 11.6 Å². The molecule has 5 heteroatoms. The lowest BCUT2D eigenvalue weighted by atomic mass is 10.0. The van der Waals surface area contributed by atoms with Gasteiger partial charge >= 0.3 is 0 Å². The van der Waals surface area contributed by atoms with Crippen molar-refractivity contribution in [2.45, 2.75) is 32.7 Å². The molecular weight excluding hydrogens is 264 g/mol. The minimum Gasteiger partial charge on any atom is -0.489 e. The molecule has 1 atom stereocenters. The molecule has 0 saturated carbocycles. The van der Waals surface area contributed by atoms with Crippen LogP contribution in [0.1, 0.15) is 25.8 Å². The number of halogens is 3. The molecule has 0 radical (unpaired) electrons. The first-order valence-corrected chi connectivity index (χ1v) is 5.82. The largest absolute Gasteiger partial charge is 0.489 e. The van der Waals surface area contributed by atoms with Crippen molar-refractivity contribution in [3.63, 3.8) is 0 Å². The van der Waals surface area contributed by atoms with Crippen LogP contribution < -0.4 is 10.5 Å². The Hall–Kier alpha value is -0.510. The lowest BCUT2D eigenvalue weighted by Crippen LogP contribution is -2.21. The molecule has 0 aliphatic heterocycles. The zero-order chi connectivity index (χ0) is 12.1. The van der Waals surface area contributed by atoms with E-state index in [1.165, 1.54) is 6.07 Å². The third-order valence-corrected chi connectivity index (χ3v) is 2.65. The maximum absolute atomic E-state index is 13.6. The van der Waals surface area contributed by atoms with Crippen LogP contribution in [-0.4, -0.2) is 12.6 Å². The van der Waals surface area contributed by atoms with Gasteiger partial charge in [-0.2, -0.15) is 0 Å². The lowest BCUT2D eigenvalue weighted by Gasteiger charge is -2.12. The van der Waals surface area contributed by atoms with E-state index in [1.54, 1.807) is 13.0 Å². The van der Waals surface area contributed by atoms with Crippen LogP contribution in [0.2, 0.25) is 5.02 Å². The summed E-state index contributed by atoms with van der Waals surface area (Å²) in [7, 11) is 0. The quantitative estimate of drug-likeness (QED) is 0.895. The van der Waals surface area contributed by atoms with Gasteiger partial charge < -0.3 is 10.5 Å². The van der Waals surface area contributed by atoms with Gasteiger partial charge in [0.25, 0.3) is 0 Å². The normalized spacial score (nSPS) is 11.8. The van der Waals surface area contributed by atoms with E-state index in [2.05, 4.69) is 0 Å². The van der Waals surface area contributed by atoms with E-state index < -0.39 is 5.82 Å². The van der Waals surface area contributed by atoms with Crippen molar-refractivity contribution in [3.8, 4) is 5.75 Å². The number of ether oxygens (including phenoxy) is 1. The first-order chi connectivity index (χ1) is 7.58. The van der Waals surface area contributed by atoms with Crippen molar-refractivity contribution in [2.75, 3.05) is 6.61 Å². The summed E-state index contributed by atoms with van der Waals surface area (Å²) in [6, 6.07) is 3.19. The molecule has 0 aliphatic carbocycles. The van der Waals surface area contributed by atoms with Gasteiger partial charge in [-0.05, 0) is 37.5 Å². The van der Waals surface area contributed by atoms with E-state index in [4.69, 9.17) is 22.1 Å². The van der Waals surface area contributed by atoms with E-state index in [0.29, 0.717) is 18.1 Å². The van der Waals surface area contributed by atoms with E-state index >= 15 is 0 Å². The molecule has 0 aromatic heterocycles. The summed E-state index contributed by atoms with van der Waals surface area (Å²) in [5, 5.41) is 0.306. The molecule has 0 bridgehead atoms. The molecule has 0 fully saturated rings. The fourth-order valence-corrected chi connectivity index (χ4v) is 1.74. The Balaban J connectivity index is 0.00000256. The van der Waals surface area contributed by atoms with E-state index in [-0.39, 0.29) is 24.2 Å². The maximum atomic E-state index is 13.6. The van der Waals surface area contributed by atoms with Crippen molar-refractivity contribution in [3.05, 3.63) is 28.5 Å². The zero-order valence-electron chi connectivity index (χ0n) is 10.0. The van der Waals surface area contributed by atoms with Crippen molar-refractivity contribution in [1.82, 2.24) is 0 Å². The number of rotatable bonds is 5. The number of hydrogen-bond donors (Lipinski definition) is 1. The van der Waals surface area contributed by atoms with Crippen LogP contribution in [0, 0.1) is 5.82 Å². The lowest BCUT2D eigenvalue weighted by molar-refractivity contribution is 0.321. The van der Waals surface area contributed by atoms with Crippen molar-refractivity contribution in [2.24, 2.45) is 5.73 Å².